The summed E-state index contributed by atoms with van der Waals surface area (Å²) in [6.07, 6.45) is 4.05. The number of para-hydroxylation sites is 1. The van der Waals surface area contributed by atoms with Crippen molar-refractivity contribution in [3.8, 4) is 0 Å². The number of esters is 1. The highest BCUT2D eigenvalue weighted by Gasteiger charge is 2.17. The minimum atomic E-state index is -0.458. The highest BCUT2D eigenvalue weighted by Crippen LogP contribution is 2.27. The van der Waals surface area contributed by atoms with Crippen LogP contribution in [-0.4, -0.2) is 30.9 Å². The van der Waals surface area contributed by atoms with Crippen molar-refractivity contribution in [3.63, 3.8) is 0 Å². The molecule has 0 unspecified atom stereocenters. The number of rotatable bonds is 6. The molecule has 0 bridgehead atoms. The van der Waals surface area contributed by atoms with Crippen molar-refractivity contribution >= 4 is 28.9 Å². The number of carbonyl (C=O) groups is 2. The predicted molar refractivity (Wildman–Crippen MR) is 106 cm³/mol. The van der Waals surface area contributed by atoms with Gasteiger partial charge in [0, 0.05) is 30.5 Å². The number of nitrogens with zero attached hydrogens (tertiary/aromatic N) is 1. The lowest BCUT2D eigenvalue weighted by Gasteiger charge is -2.13. The smallest absolute Gasteiger partial charge is 0.341 e. The van der Waals surface area contributed by atoms with E-state index in [1.807, 2.05) is 31.2 Å². The summed E-state index contributed by atoms with van der Waals surface area (Å²) in [6.45, 7) is 3.95. The molecule has 6 nitrogen and oxygen atoms in total. The van der Waals surface area contributed by atoms with Crippen molar-refractivity contribution in [2.24, 2.45) is 0 Å². The zero-order valence-electron chi connectivity index (χ0n) is 16.4. The summed E-state index contributed by atoms with van der Waals surface area (Å²) >= 11 is 0. The molecule has 0 fully saturated rings. The molecule has 0 saturated carbocycles. The van der Waals surface area contributed by atoms with Gasteiger partial charge < -0.3 is 18.5 Å². The molecule has 28 heavy (non-hydrogen) atoms. The molecule has 0 radical (unpaired) electrons. The Hall–Kier alpha value is -3.28. The van der Waals surface area contributed by atoms with Gasteiger partial charge in [0.05, 0.1) is 13.7 Å². The molecular formula is C22H23NO5. The molecule has 3 aromatic rings. The third-order valence-electron chi connectivity index (χ3n) is 4.57. The maximum atomic E-state index is 12.5. The van der Waals surface area contributed by atoms with Gasteiger partial charge in [0.15, 0.2) is 0 Å². The van der Waals surface area contributed by atoms with Crippen LogP contribution in [0.5, 0.6) is 0 Å². The Balaban J connectivity index is 1.75. The van der Waals surface area contributed by atoms with Crippen LogP contribution in [0.15, 0.2) is 45.2 Å². The number of ether oxygens (including phenoxy) is 1. The number of amides is 1. The number of aryl methyl sites for hydroxylation is 2. The van der Waals surface area contributed by atoms with Gasteiger partial charge in [-0.05, 0) is 25.1 Å². The van der Waals surface area contributed by atoms with Gasteiger partial charge >= 0.3 is 5.97 Å². The summed E-state index contributed by atoms with van der Waals surface area (Å²) in [5, 5.41) is 0.982. The summed E-state index contributed by atoms with van der Waals surface area (Å²) in [4.78, 5) is 25.7. The second-order valence-corrected chi connectivity index (χ2v) is 6.49. The molecule has 3 rings (SSSR count). The molecule has 1 amide bonds. The first kappa shape index (κ1) is 19.5. The summed E-state index contributed by atoms with van der Waals surface area (Å²) < 4.78 is 16.1. The van der Waals surface area contributed by atoms with Crippen LogP contribution in [0.4, 0.5) is 0 Å². The molecule has 0 saturated heterocycles. The maximum Gasteiger partial charge on any atom is 0.341 e. The van der Waals surface area contributed by atoms with Crippen molar-refractivity contribution in [3.05, 3.63) is 64.8 Å². The van der Waals surface area contributed by atoms with Crippen molar-refractivity contribution < 1.29 is 23.2 Å². The summed E-state index contributed by atoms with van der Waals surface area (Å²) in [7, 11) is 3.00. The van der Waals surface area contributed by atoms with E-state index in [4.69, 9.17) is 13.6 Å². The number of benzene rings is 1. The van der Waals surface area contributed by atoms with E-state index in [-0.39, 0.29) is 12.5 Å². The molecule has 2 heterocycles. The van der Waals surface area contributed by atoms with Crippen LogP contribution in [-0.2, 0) is 22.5 Å². The molecule has 0 aliphatic heterocycles. The summed E-state index contributed by atoms with van der Waals surface area (Å²) in [5.74, 6) is 1.19. The van der Waals surface area contributed by atoms with Gasteiger partial charge in [0.1, 0.15) is 28.4 Å². The monoisotopic (exact) mass is 381 g/mol. The quantitative estimate of drug-likeness (QED) is 0.469. The number of carbonyl (C=O) groups excluding carboxylic acids is 2. The molecule has 146 valence electrons. The van der Waals surface area contributed by atoms with E-state index in [9.17, 15) is 9.59 Å². The van der Waals surface area contributed by atoms with E-state index < -0.39 is 5.97 Å². The first-order valence-corrected chi connectivity index (χ1v) is 9.05. The predicted octanol–water partition coefficient (Wildman–Crippen LogP) is 4.36. The van der Waals surface area contributed by atoms with Gasteiger partial charge in [0.25, 0.3) is 0 Å². The zero-order valence-corrected chi connectivity index (χ0v) is 16.4. The number of fused-ring (bicyclic) bond motifs is 1. The second-order valence-electron chi connectivity index (χ2n) is 6.49. The largest absolute Gasteiger partial charge is 0.465 e. The highest BCUT2D eigenvalue weighted by molar-refractivity contribution is 5.96. The maximum absolute atomic E-state index is 12.5. The Kier molecular flexibility index (Phi) is 5.68. The van der Waals surface area contributed by atoms with E-state index >= 15 is 0 Å². The molecule has 0 N–H and O–H groups in total. The van der Waals surface area contributed by atoms with Crippen molar-refractivity contribution in [1.29, 1.82) is 0 Å². The average molecular weight is 381 g/mol. The average Bonchev–Trinajstić information content (AvgIpc) is 3.25. The first-order valence-electron chi connectivity index (χ1n) is 9.05. The van der Waals surface area contributed by atoms with Gasteiger partial charge in [-0.1, -0.05) is 25.1 Å². The minimum Gasteiger partial charge on any atom is -0.465 e. The Morgan fingerprint density at radius 1 is 1.21 bits per heavy atom. The Morgan fingerprint density at radius 2 is 1.96 bits per heavy atom. The molecule has 0 spiro atoms. The van der Waals surface area contributed by atoms with E-state index in [1.54, 1.807) is 26.1 Å². The molecule has 0 atom stereocenters. The highest BCUT2D eigenvalue weighted by atomic mass is 16.5. The van der Waals surface area contributed by atoms with Crippen LogP contribution in [0.25, 0.3) is 17.0 Å². The third-order valence-corrected chi connectivity index (χ3v) is 4.57. The van der Waals surface area contributed by atoms with Crippen LogP contribution < -0.4 is 0 Å². The Bertz CT molecular complexity index is 1040. The Labute approximate surface area is 163 Å². The van der Waals surface area contributed by atoms with Gasteiger partial charge in [-0.2, -0.15) is 0 Å². The fourth-order valence-electron chi connectivity index (χ4n) is 3.09. The Morgan fingerprint density at radius 3 is 2.68 bits per heavy atom. The van der Waals surface area contributed by atoms with E-state index in [0.717, 1.165) is 28.7 Å². The number of methoxy groups -OCH3 is 1. The number of hydrogen-bond acceptors (Lipinski definition) is 5. The number of likely N-dealkylation sites (N-methyl/N-ethyl adjacent to an activating group) is 1. The van der Waals surface area contributed by atoms with Crippen LogP contribution in [0.3, 0.4) is 0 Å². The lowest BCUT2D eigenvalue weighted by molar-refractivity contribution is -0.125. The molecule has 6 heteroatoms. The van der Waals surface area contributed by atoms with E-state index in [1.165, 1.54) is 18.1 Å². The van der Waals surface area contributed by atoms with E-state index in [2.05, 4.69) is 0 Å². The van der Waals surface area contributed by atoms with Crippen LogP contribution >= 0.6 is 0 Å². The van der Waals surface area contributed by atoms with Crippen LogP contribution in [0.2, 0.25) is 0 Å². The zero-order chi connectivity index (χ0) is 20.3. The normalized spacial score (nSPS) is 11.3. The molecule has 0 aliphatic carbocycles. The van der Waals surface area contributed by atoms with Crippen molar-refractivity contribution in [2.45, 2.75) is 26.8 Å². The molecule has 2 aromatic heterocycles. The van der Waals surface area contributed by atoms with Gasteiger partial charge in [-0.25, -0.2) is 4.79 Å². The van der Waals surface area contributed by atoms with E-state index in [0.29, 0.717) is 17.1 Å². The number of hydrogen-bond donors (Lipinski definition) is 0. The summed E-state index contributed by atoms with van der Waals surface area (Å²) in [6, 6.07) is 9.36. The number of furan rings is 2. The van der Waals surface area contributed by atoms with Gasteiger partial charge in [-0.3, -0.25) is 4.79 Å². The third kappa shape index (κ3) is 3.86. The second kappa shape index (κ2) is 8.17. The first-order chi connectivity index (χ1) is 13.4. The standard InChI is InChI=1S/C22H23NO5/c1-5-19-17(16-8-6-7-9-20(16)28-19)10-11-21(24)23(3)13-15-12-18(14(2)27-15)22(25)26-4/h6-12H,5,13H2,1-4H3/b11-10+. The van der Waals surface area contributed by atoms with Gasteiger partial charge in [0.2, 0.25) is 5.91 Å². The van der Waals surface area contributed by atoms with Gasteiger partial charge in [-0.15, -0.1) is 0 Å². The lowest BCUT2D eigenvalue weighted by Crippen LogP contribution is -2.23. The topological polar surface area (TPSA) is 72.9 Å². The fraction of sp³-hybridized carbons (Fsp3) is 0.273. The fourth-order valence-corrected chi connectivity index (χ4v) is 3.09. The molecule has 1 aromatic carbocycles. The SMILES string of the molecule is CCc1oc2ccccc2c1/C=C/C(=O)N(C)Cc1cc(C(=O)OC)c(C)o1. The molecule has 0 aliphatic rings. The van der Waals surface area contributed by atoms with Crippen LogP contribution in [0, 0.1) is 6.92 Å². The molecular weight excluding hydrogens is 358 g/mol. The van der Waals surface area contributed by atoms with Crippen molar-refractivity contribution in [2.75, 3.05) is 14.2 Å². The van der Waals surface area contributed by atoms with Crippen molar-refractivity contribution in [1.82, 2.24) is 4.90 Å². The lowest BCUT2D eigenvalue weighted by atomic mass is 10.1. The summed E-state index contributed by atoms with van der Waals surface area (Å²) in [5.41, 5.74) is 2.09. The van der Waals surface area contributed by atoms with Crippen LogP contribution in [0.1, 0.15) is 40.1 Å². The minimum absolute atomic E-state index is 0.180.